The van der Waals surface area contributed by atoms with Crippen molar-refractivity contribution in [1.29, 1.82) is 0 Å². The van der Waals surface area contributed by atoms with E-state index in [4.69, 9.17) is 4.74 Å². The average Bonchev–Trinajstić information content (AvgIpc) is 2.10. The van der Waals surface area contributed by atoms with E-state index in [1.165, 1.54) is 6.42 Å². The Labute approximate surface area is 83.1 Å². The van der Waals surface area contributed by atoms with Crippen LogP contribution in [0.25, 0.3) is 0 Å². The van der Waals surface area contributed by atoms with Gasteiger partial charge >= 0.3 is 0 Å². The first-order chi connectivity index (χ1) is 6.22. The molecular formula is C11H25NO. The first-order valence-electron chi connectivity index (χ1n) is 5.54. The lowest BCUT2D eigenvalue weighted by Gasteiger charge is -2.21. The molecule has 13 heavy (non-hydrogen) atoms. The second-order valence-electron chi connectivity index (χ2n) is 3.86. The summed E-state index contributed by atoms with van der Waals surface area (Å²) >= 11 is 0. The predicted octanol–water partition coefficient (Wildman–Crippen LogP) is 2.44. The fourth-order valence-corrected chi connectivity index (χ4v) is 1.18. The van der Waals surface area contributed by atoms with Crippen LogP contribution in [0.15, 0.2) is 0 Å². The van der Waals surface area contributed by atoms with Crippen molar-refractivity contribution < 1.29 is 4.74 Å². The highest BCUT2D eigenvalue weighted by Gasteiger charge is 2.12. The monoisotopic (exact) mass is 187 g/mol. The van der Waals surface area contributed by atoms with E-state index in [0.29, 0.717) is 12.0 Å². The van der Waals surface area contributed by atoms with E-state index in [2.05, 4.69) is 33.0 Å². The van der Waals surface area contributed by atoms with Gasteiger partial charge in [-0.3, -0.25) is 0 Å². The molecule has 1 unspecified atom stereocenters. The minimum atomic E-state index is 0.381. The summed E-state index contributed by atoms with van der Waals surface area (Å²) in [6.45, 7) is 11.7. The van der Waals surface area contributed by atoms with E-state index in [1.54, 1.807) is 0 Å². The number of nitrogens with one attached hydrogen (secondary N) is 1. The largest absolute Gasteiger partial charge is 0.377 e. The minimum absolute atomic E-state index is 0.381. The van der Waals surface area contributed by atoms with Gasteiger partial charge in [-0.05, 0) is 25.3 Å². The molecular weight excluding hydrogens is 162 g/mol. The maximum absolute atomic E-state index is 5.74. The second kappa shape index (κ2) is 8.52. The Bertz CT molecular complexity index is 104. The van der Waals surface area contributed by atoms with Crippen LogP contribution in [0.4, 0.5) is 0 Å². The number of rotatable bonds is 8. The van der Waals surface area contributed by atoms with Gasteiger partial charge in [0.25, 0.3) is 0 Å². The van der Waals surface area contributed by atoms with Crippen molar-refractivity contribution in [2.24, 2.45) is 5.92 Å². The fourth-order valence-electron chi connectivity index (χ4n) is 1.18. The highest BCUT2D eigenvalue weighted by Crippen LogP contribution is 2.05. The number of ether oxygens (including phenoxy) is 1. The smallest absolute Gasteiger partial charge is 0.0722 e. The predicted molar refractivity (Wildman–Crippen MR) is 58.0 cm³/mol. The van der Waals surface area contributed by atoms with Crippen LogP contribution in [0.3, 0.4) is 0 Å². The molecule has 0 radical (unpaired) electrons. The molecule has 0 aliphatic carbocycles. The van der Waals surface area contributed by atoms with Crippen molar-refractivity contribution in [2.45, 2.75) is 46.6 Å². The van der Waals surface area contributed by atoms with E-state index < -0.39 is 0 Å². The molecule has 0 aromatic carbocycles. The molecule has 0 fully saturated rings. The van der Waals surface area contributed by atoms with Gasteiger partial charge in [0.1, 0.15) is 0 Å². The maximum atomic E-state index is 5.74. The highest BCUT2D eigenvalue weighted by molar-refractivity contribution is 4.65. The van der Waals surface area contributed by atoms with Gasteiger partial charge in [0.05, 0.1) is 6.10 Å². The molecule has 0 spiro atoms. The molecule has 1 atom stereocenters. The van der Waals surface area contributed by atoms with Gasteiger partial charge in [0.2, 0.25) is 0 Å². The topological polar surface area (TPSA) is 21.3 Å². The van der Waals surface area contributed by atoms with Crippen LogP contribution in [-0.4, -0.2) is 25.8 Å². The molecule has 0 amide bonds. The molecule has 0 aromatic heterocycles. The van der Waals surface area contributed by atoms with E-state index >= 15 is 0 Å². The summed E-state index contributed by atoms with van der Waals surface area (Å²) in [5.41, 5.74) is 0. The molecule has 0 heterocycles. The number of hydrogen-bond acceptors (Lipinski definition) is 2. The molecule has 80 valence electrons. The molecule has 2 nitrogen and oxygen atoms in total. The maximum Gasteiger partial charge on any atom is 0.0722 e. The van der Waals surface area contributed by atoms with Crippen LogP contribution in [0.2, 0.25) is 0 Å². The Hall–Kier alpha value is -0.0800. The summed E-state index contributed by atoms with van der Waals surface area (Å²) in [6, 6.07) is 0. The molecule has 1 N–H and O–H groups in total. The van der Waals surface area contributed by atoms with Crippen molar-refractivity contribution in [3.63, 3.8) is 0 Å². The Morgan fingerprint density at radius 2 is 1.85 bits per heavy atom. The summed E-state index contributed by atoms with van der Waals surface area (Å²) in [5.74, 6) is 0.607. The van der Waals surface area contributed by atoms with Gasteiger partial charge in [-0.1, -0.05) is 27.7 Å². The van der Waals surface area contributed by atoms with Crippen LogP contribution < -0.4 is 5.32 Å². The number of hydrogen-bond donors (Lipinski definition) is 1. The third-order valence-corrected chi connectivity index (χ3v) is 2.05. The van der Waals surface area contributed by atoms with Gasteiger partial charge in [0, 0.05) is 13.2 Å². The molecule has 0 bridgehead atoms. The minimum Gasteiger partial charge on any atom is -0.377 e. The summed E-state index contributed by atoms with van der Waals surface area (Å²) in [6.07, 6.45) is 2.68. The lowest BCUT2D eigenvalue weighted by Crippen LogP contribution is -2.33. The summed E-state index contributed by atoms with van der Waals surface area (Å²) < 4.78 is 5.74. The van der Waals surface area contributed by atoms with Crippen molar-refractivity contribution >= 4 is 0 Å². The summed E-state index contributed by atoms with van der Waals surface area (Å²) in [5, 5.41) is 3.40. The van der Waals surface area contributed by atoms with Crippen molar-refractivity contribution in [1.82, 2.24) is 5.32 Å². The second-order valence-corrected chi connectivity index (χ2v) is 3.86. The zero-order valence-electron chi connectivity index (χ0n) is 9.60. The Morgan fingerprint density at radius 3 is 2.31 bits per heavy atom. The fraction of sp³-hybridized carbons (Fsp3) is 1.00. The first-order valence-corrected chi connectivity index (χ1v) is 5.54. The van der Waals surface area contributed by atoms with Gasteiger partial charge in [0.15, 0.2) is 0 Å². The van der Waals surface area contributed by atoms with Gasteiger partial charge in [-0.15, -0.1) is 0 Å². The molecule has 0 saturated carbocycles. The molecule has 0 saturated heterocycles. The first kappa shape index (κ1) is 12.9. The zero-order chi connectivity index (χ0) is 10.1. The quantitative estimate of drug-likeness (QED) is 0.589. The van der Waals surface area contributed by atoms with Crippen molar-refractivity contribution in [2.75, 3.05) is 19.7 Å². The molecule has 0 aliphatic rings. The third-order valence-electron chi connectivity index (χ3n) is 2.05. The van der Waals surface area contributed by atoms with Crippen molar-refractivity contribution in [3.05, 3.63) is 0 Å². The van der Waals surface area contributed by atoms with E-state index in [1.807, 2.05) is 0 Å². The lowest BCUT2D eigenvalue weighted by molar-refractivity contribution is 0.0234. The average molecular weight is 187 g/mol. The standard InChI is InChI=1S/C11H25NO/c1-5-7-12-9-11(10(3)4)13-8-6-2/h10-12H,5-9H2,1-4H3. The Kier molecular flexibility index (Phi) is 8.46. The summed E-state index contributed by atoms with van der Waals surface area (Å²) in [7, 11) is 0. The summed E-state index contributed by atoms with van der Waals surface area (Å²) in [4.78, 5) is 0. The molecule has 0 rings (SSSR count). The normalized spacial score (nSPS) is 13.6. The van der Waals surface area contributed by atoms with Crippen LogP contribution >= 0.6 is 0 Å². The van der Waals surface area contributed by atoms with Gasteiger partial charge in [-0.2, -0.15) is 0 Å². The Morgan fingerprint density at radius 1 is 1.15 bits per heavy atom. The lowest BCUT2D eigenvalue weighted by atomic mass is 10.1. The van der Waals surface area contributed by atoms with Crippen molar-refractivity contribution in [3.8, 4) is 0 Å². The van der Waals surface area contributed by atoms with Crippen LogP contribution in [0.5, 0.6) is 0 Å². The SMILES string of the molecule is CCCNCC(OCCC)C(C)C. The van der Waals surface area contributed by atoms with Crippen LogP contribution in [-0.2, 0) is 4.74 Å². The van der Waals surface area contributed by atoms with Gasteiger partial charge < -0.3 is 10.1 Å². The molecule has 2 heteroatoms. The highest BCUT2D eigenvalue weighted by atomic mass is 16.5. The van der Waals surface area contributed by atoms with Crippen LogP contribution in [0.1, 0.15) is 40.5 Å². The van der Waals surface area contributed by atoms with Gasteiger partial charge in [-0.25, -0.2) is 0 Å². The van der Waals surface area contributed by atoms with Crippen LogP contribution in [0, 0.1) is 5.92 Å². The third kappa shape index (κ3) is 7.03. The van der Waals surface area contributed by atoms with E-state index in [9.17, 15) is 0 Å². The Balaban J connectivity index is 3.54. The van der Waals surface area contributed by atoms with E-state index in [0.717, 1.165) is 26.1 Å². The molecule has 0 aromatic rings. The zero-order valence-corrected chi connectivity index (χ0v) is 9.60. The molecule has 0 aliphatic heterocycles. The van der Waals surface area contributed by atoms with E-state index in [-0.39, 0.29) is 0 Å².